The van der Waals surface area contributed by atoms with Gasteiger partial charge in [-0.05, 0) is 59.9 Å². The molecule has 2 heterocycles. The Balaban J connectivity index is 1.36. The van der Waals surface area contributed by atoms with E-state index in [0.29, 0.717) is 11.7 Å². The van der Waals surface area contributed by atoms with Crippen molar-refractivity contribution in [1.29, 1.82) is 0 Å². The van der Waals surface area contributed by atoms with Crippen molar-refractivity contribution in [2.45, 2.75) is 39.9 Å². The van der Waals surface area contributed by atoms with Crippen LogP contribution in [0.15, 0.2) is 72.8 Å². The largest absolute Gasteiger partial charge is 0.384 e. The maximum Gasteiger partial charge on any atom is 0.124 e. The summed E-state index contributed by atoms with van der Waals surface area (Å²) in [6, 6.07) is 25.9. The van der Waals surface area contributed by atoms with Crippen LogP contribution in [0.2, 0.25) is 0 Å². The SMILES string of the molecule is CC(C)CCn1c2ccccc2c2cc(CNCc3ccc4ccc(N)nc4c3)ccc21. The molecule has 5 rings (SSSR count). The van der Waals surface area contributed by atoms with Gasteiger partial charge < -0.3 is 15.6 Å². The average Bonchev–Trinajstić information content (AvgIpc) is 3.10. The first kappa shape index (κ1) is 20.5. The van der Waals surface area contributed by atoms with E-state index in [1.165, 1.54) is 39.4 Å². The summed E-state index contributed by atoms with van der Waals surface area (Å²) in [4.78, 5) is 4.44. The lowest BCUT2D eigenvalue weighted by molar-refractivity contribution is 0.531. The van der Waals surface area contributed by atoms with Gasteiger partial charge in [-0.3, -0.25) is 0 Å². The van der Waals surface area contributed by atoms with Gasteiger partial charge in [0, 0.05) is 46.8 Å². The zero-order chi connectivity index (χ0) is 22.1. The van der Waals surface area contributed by atoms with E-state index in [4.69, 9.17) is 5.73 Å². The Hall–Kier alpha value is -3.37. The van der Waals surface area contributed by atoms with Gasteiger partial charge in [0.2, 0.25) is 0 Å². The highest BCUT2D eigenvalue weighted by Crippen LogP contribution is 2.30. The molecule has 162 valence electrons. The third kappa shape index (κ3) is 4.06. The summed E-state index contributed by atoms with van der Waals surface area (Å²) >= 11 is 0. The number of hydrogen-bond acceptors (Lipinski definition) is 3. The number of pyridine rings is 1. The lowest BCUT2D eigenvalue weighted by atomic mass is 10.1. The van der Waals surface area contributed by atoms with Crippen molar-refractivity contribution in [2.24, 2.45) is 5.92 Å². The second-order valence-electron chi connectivity index (χ2n) is 9.07. The zero-order valence-electron chi connectivity index (χ0n) is 18.8. The maximum atomic E-state index is 5.84. The summed E-state index contributed by atoms with van der Waals surface area (Å²) in [5, 5.41) is 7.39. The second-order valence-corrected chi connectivity index (χ2v) is 9.07. The van der Waals surface area contributed by atoms with Gasteiger partial charge in [0.05, 0.1) is 5.52 Å². The molecule has 4 nitrogen and oxygen atoms in total. The lowest BCUT2D eigenvalue weighted by Crippen LogP contribution is -2.12. The Bertz CT molecular complexity index is 1400. The highest BCUT2D eigenvalue weighted by Gasteiger charge is 2.11. The normalized spacial score (nSPS) is 11.8. The van der Waals surface area contributed by atoms with Crippen molar-refractivity contribution in [3.05, 3.63) is 83.9 Å². The van der Waals surface area contributed by atoms with Crippen molar-refractivity contribution in [3.63, 3.8) is 0 Å². The molecule has 3 N–H and O–H groups in total. The number of aryl methyl sites for hydroxylation is 1. The first-order chi connectivity index (χ1) is 15.6. The number of para-hydroxylation sites is 1. The van der Waals surface area contributed by atoms with E-state index in [0.717, 1.165) is 30.5 Å². The number of nitrogens with zero attached hydrogens (tertiary/aromatic N) is 2. The van der Waals surface area contributed by atoms with E-state index in [1.54, 1.807) is 0 Å². The van der Waals surface area contributed by atoms with Crippen molar-refractivity contribution in [3.8, 4) is 0 Å². The molecule has 0 amide bonds. The minimum absolute atomic E-state index is 0.559. The van der Waals surface area contributed by atoms with Gasteiger partial charge in [0.1, 0.15) is 5.82 Å². The molecule has 0 saturated carbocycles. The standard InChI is InChI=1S/C28H30N4/c1-19(2)13-14-32-26-6-4-3-5-23(26)24-15-20(8-11-27(24)32)17-30-18-21-7-9-22-10-12-28(29)31-25(22)16-21/h3-12,15-16,19,30H,13-14,17-18H2,1-2H3,(H2,29,31). The molecule has 0 radical (unpaired) electrons. The molecule has 4 heteroatoms. The van der Waals surface area contributed by atoms with Crippen LogP contribution in [-0.4, -0.2) is 9.55 Å². The van der Waals surface area contributed by atoms with Crippen LogP contribution in [0.4, 0.5) is 5.82 Å². The van der Waals surface area contributed by atoms with E-state index in [-0.39, 0.29) is 0 Å². The highest BCUT2D eigenvalue weighted by atomic mass is 15.0. The molecule has 2 aromatic heterocycles. The van der Waals surface area contributed by atoms with E-state index < -0.39 is 0 Å². The first-order valence-electron chi connectivity index (χ1n) is 11.4. The molecule has 0 bridgehead atoms. The number of nitrogen functional groups attached to an aromatic ring is 1. The molecule has 0 atom stereocenters. The fraction of sp³-hybridized carbons (Fsp3) is 0.250. The van der Waals surface area contributed by atoms with Crippen LogP contribution in [-0.2, 0) is 19.6 Å². The zero-order valence-corrected chi connectivity index (χ0v) is 18.8. The summed E-state index contributed by atoms with van der Waals surface area (Å²) in [7, 11) is 0. The third-order valence-corrected chi connectivity index (χ3v) is 6.20. The molecule has 0 saturated heterocycles. The van der Waals surface area contributed by atoms with Crippen LogP contribution in [0.1, 0.15) is 31.4 Å². The van der Waals surface area contributed by atoms with Crippen molar-refractivity contribution >= 4 is 38.5 Å². The highest BCUT2D eigenvalue weighted by molar-refractivity contribution is 6.08. The van der Waals surface area contributed by atoms with Crippen molar-refractivity contribution in [1.82, 2.24) is 14.9 Å². The van der Waals surface area contributed by atoms with Crippen LogP contribution >= 0.6 is 0 Å². The molecule has 5 aromatic rings. The summed E-state index contributed by atoms with van der Waals surface area (Å²) in [6.45, 7) is 7.25. The number of aromatic nitrogens is 2. The van der Waals surface area contributed by atoms with Gasteiger partial charge >= 0.3 is 0 Å². The molecule has 0 spiro atoms. The van der Waals surface area contributed by atoms with Crippen LogP contribution in [0, 0.1) is 5.92 Å². The van der Waals surface area contributed by atoms with Gasteiger partial charge in [-0.1, -0.05) is 50.2 Å². The summed E-state index contributed by atoms with van der Waals surface area (Å²) in [6.07, 6.45) is 1.18. The molecular formula is C28H30N4. The van der Waals surface area contributed by atoms with Crippen LogP contribution < -0.4 is 11.1 Å². The first-order valence-corrected chi connectivity index (χ1v) is 11.4. The number of anilines is 1. The van der Waals surface area contributed by atoms with Gasteiger partial charge in [-0.15, -0.1) is 0 Å². The van der Waals surface area contributed by atoms with E-state index in [2.05, 4.69) is 89.4 Å². The van der Waals surface area contributed by atoms with Crippen molar-refractivity contribution in [2.75, 3.05) is 5.73 Å². The molecule has 0 aliphatic rings. The smallest absolute Gasteiger partial charge is 0.124 e. The summed E-state index contributed by atoms with van der Waals surface area (Å²) in [5.41, 5.74) is 12.0. The van der Waals surface area contributed by atoms with Crippen LogP contribution in [0.5, 0.6) is 0 Å². The predicted molar refractivity (Wildman–Crippen MR) is 136 cm³/mol. The molecule has 32 heavy (non-hydrogen) atoms. The van der Waals surface area contributed by atoms with Crippen LogP contribution in [0.3, 0.4) is 0 Å². The molecule has 0 fully saturated rings. The Morgan fingerprint density at radius 3 is 2.41 bits per heavy atom. The van der Waals surface area contributed by atoms with Crippen molar-refractivity contribution < 1.29 is 0 Å². The Morgan fingerprint density at radius 1 is 0.844 bits per heavy atom. The molecule has 0 aliphatic heterocycles. The number of benzene rings is 3. The fourth-order valence-corrected chi connectivity index (χ4v) is 4.48. The van der Waals surface area contributed by atoms with Crippen LogP contribution in [0.25, 0.3) is 32.7 Å². The maximum absolute atomic E-state index is 5.84. The predicted octanol–water partition coefficient (Wildman–Crippen LogP) is 6.26. The molecule has 3 aromatic carbocycles. The van der Waals surface area contributed by atoms with Gasteiger partial charge in [0.15, 0.2) is 0 Å². The summed E-state index contributed by atoms with van der Waals surface area (Å²) < 4.78 is 2.48. The Morgan fingerprint density at radius 2 is 1.56 bits per heavy atom. The Kier molecular flexibility index (Phi) is 5.54. The van der Waals surface area contributed by atoms with Gasteiger partial charge in [-0.2, -0.15) is 0 Å². The molecule has 0 unspecified atom stereocenters. The van der Waals surface area contributed by atoms with E-state index in [9.17, 15) is 0 Å². The lowest BCUT2D eigenvalue weighted by Gasteiger charge is -2.10. The number of nitrogens with one attached hydrogen (secondary N) is 1. The van der Waals surface area contributed by atoms with Gasteiger partial charge in [0.25, 0.3) is 0 Å². The topological polar surface area (TPSA) is 55.9 Å². The van der Waals surface area contributed by atoms with E-state index in [1.807, 2.05) is 12.1 Å². The fourth-order valence-electron chi connectivity index (χ4n) is 4.48. The number of rotatable bonds is 7. The average molecular weight is 423 g/mol. The minimum atomic E-state index is 0.559. The third-order valence-electron chi connectivity index (χ3n) is 6.20. The molecular weight excluding hydrogens is 392 g/mol. The molecule has 0 aliphatic carbocycles. The summed E-state index contributed by atoms with van der Waals surface area (Å²) in [5.74, 6) is 1.25. The minimum Gasteiger partial charge on any atom is -0.384 e. The monoisotopic (exact) mass is 422 g/mol. The Labute approximate surface area is 189 Å². The quantitative estimate of drug-likeness (QED) is 0.325. The van der Waals surface area contributed by atoms with E-state index >= 15 is 0 Å². The second kappa shape index (κ2) is 8.64. The number of nitrogens with two attached hydrogens (primary N) is 1. The van der Waals surface area contributed by atoms with Gasteiger partial charge in [-0.25, -0.2) is 4.98 Å². The number of hydrogen-bond donors (Lipinski definition) is 2. The number of fused-ring (bicyclic) bond motifs is 4.